The molecular formula is C25H32BrN6O7P. The molecule has 0 bridgehead atoms. The molecule has 4 atom stereocenters. The smallest absolute Gasteiger partial charge is 0.459 e. The molecule has 4 rings (SSSR count). The lowest BCUT2D eigenvalue weighted by Gasteiger charge is -2.25. The van der Waals surface area contributed by atoms with Gasteiger partial charge in [0, 0.05) is 16.1 Å². The first-order valence-electron chi connectivity index (χ1n) is 12.7. The molecule has 40 heavy (non-hydrogen) atoms. The van der Waals surface area contributed by atoms with Crippen molar-refractivity contribution in [2.24, 2.45) is 5.41 Å². The number of H-pyrrole nitrogens is 1. The van der Waals surface area contributed by atoms with Crippen LogP contribution in [0.5, 0.6) is 5.75 Å². The van der Waals surface area contributed by atoms with Crippen molar-refractivity contribution in [3.05, 3.63) is 51.0 Å². The van der Waals surface area contributed by atoms with Crippen LogP contribution in [0.3, 0.4) is 0 Å². The summed E-state index contributed by atoms with van der Waals surface area (Å²) in [5, 5.41) is 12.9. The molecule has 216 valence electrons. The highest BCUT2D eigenvalue weighted by Crippen LogP contribution is 2.56. The number of benzene rings is 1. The minimum Gasteiger partial charge on any atom is -0.462 e. The van der Waals surface area contributed by atoms with Crippen LogP contribution in [-0.4, -0.2) is 56.0 Å². The monoisotopic (exact) mass is 638 g/mol. The van der Waals surface area contributed by atoms with Gasteiger partial charge in [0.2, 0.25) is 5.95 Å². The van der Waals surface area contributed by atoms with Crippen LogP contribution >= 0.6 is 23.7 Å². The molecule has 3 aromatic rings. The molecule has 0 spiro atoms. The summed E-state index contributed by atoms with van der Waals surface area (Å²) < 4.78 is 33.2. The van der Waals surface area contributed by atoms with Gasteiger partial charge in [0.1, 0.15) is 18.1 Å². The van der Waals surface area contributed by atoms with E-state index in [-0.39, 0.29) is 42.2 Å². The number of nitrogen functional groups attached to an aromatic ring is 1. The number of fused-ring (bicyclic) bond motifs is 1. The van der Waals surface area contributed by atoms with Gasteiger partial charge in [0.25, 0.3) is 5.56 Å². The summed E-state index contributed by atoms with van der Waals surface area (Å²) in [5.41, 5.74) is 5.44. The number of ether oxygens (including phenoxy) is 1. The molecular weight excluding hydrogens is 607 g/mol. The zero-order valence-electron chi connectivity index (χ0n) is 22.3. The van der Waals surface area contributed by atoms with Crippen molar-refractivity contribution in [1.29, 1.82) is 0 Å². The van der Waals surface area contributed by atoms with Crippen molar-refractivity contribution in [3.63, 3.8) is 0 Å². The van der Waals surface area contributed by atoms with Crippen LogP contribution < -0.4 is 20.9 Å². The van der Waals surface area contributed by atoms with E-state index in [0.29, 0.717) is 12.8 Å². The minimum atomic E-state index is -4.14. The number of carbonyl (C=O) groups is 1. The Morgan fingerprint density at radius 1 is 1.38 bits per heavy atom. The number of aliphatic hydroxyl groups is 1. The Hall–Kier alpha value is -3.03. The minimum absolute atomic E-state index is 0.0564. The number of rotatable bonds is 13. The van der Waals surface area contributed by atoms with Gasteiger partial charge in [0.15, 0.2) is 11.2 Å². The van der Waals surface area contributed by atoms with Crippen LogP contribution in [0.15, 0.2) is 45.4 Å². The van der Waals surface area contributed by atoms with E-state index in [2.05, 4.69) is 36.0 Å². The van der Waals surface area contributed by atoms with Crippen LogP contribution in [0.25, 0.3) is 17.4 Å². The number of nitrogens with two attached hydrogens (primary N) is 1. The molecule has 1 aliphatic rings. The summed E-state index contributed by atoms with van der Waals surface area (Å²) in [4.78, 5) is 35.3. The van der Waals surface area contributed by atoms with E-state index in [4.69, 9.17) is 19.5 Å². The fraction of sp³-hybridized carbons (Fsp3) is 0.440. The first-order valence-corrected chi connectivity index (χ1v) is 15.0. The summed E-state index contributed by atoms with van der Waals surface area (Å²) in [6, 6.07) is 5.61. The maximum Gasteiger partial charge on any atom is 0.459 e. The maximum absolute atomic E-state index is 13.9. The third-order valence-corrected chi connectivity index (χ3v) is 8.55. The summed E-state index contributed by atoms with van der Waals surface area (Å²) in [6.07, 6.45) is 4.73. The standard InChI is InChI=1S/C25H32BrN6O7P/c1-4-5-15(2)38-23(35)16(3)31-40(36,39-19-8-6-18(26)7-9-19)37-13-25(12-33)10-17(25)11-32-14-28-20-21(32)29-24(27)30-22(20)34/h6-9,11,14-16,33H,4-5,10,12-13H2,1-3H3,(H,31,36)(H3,27,29,30,34)/b17-11-/t15-,16?,25+,40?/m0/s1. The van der Waals surface area contributed by atoms with Crippen LogP contribution in [0.1, 0.15) is 40.0 Å². The molecule has 5 N–H and O–H groups in total. The number of halogens is 1. The van der Waals surface area contributed by atoms with Crippen LogP contribution in [0.4, 0.5) is 5.95 Å². The van der Waals surface area contributed by atoms with E-state index in [1.807, 2.05) is 6.92 Å². The van der Waals surface area contributed by atoms with Crippen molar-refractivity contribution >= 4 is 53.0 Å². The predicted octanol–water partition coefficient (Wildman–Crippen LogP) is 3.60. The lowest BCUT2D eigenvalue weighted by molar-refractivity contribution is -0.150. The van der Waals surface area contributed by atoms with Gasteiger partial charge < -0.3 is 20.1 Å². The Kier molecular flexibility index (Phi) is 9.16. The fourth-order valence-electron chi connectivity index (χ4n) is 4.04. The van der Waals surface area contributed by atoms with Crippen molar-refractivity contribution in [2.45, 2.75) is 52.2 Å². The van der Waals surface area contributed by atoms with Crippen LogP contribution in [0, 0.1) is 5.41 Å². The van der Waals surface area contributed by atoms with E-state index in [0.717, 1.165) is 16.5 Å². The number of nitrogens with zero attached hydrogens (tertiary/aromatic N) is 3. The number of hydrogen-bond donors (Lipinski definition) is 4. The van der Waals surface area contributed by atoms with Crippen molar-refractivity contribution in [1.82, 2.24) is 24.6 Å². The number of nitrogens with one attached hydrogen (secondary N) is 2. The molecule has 0 aliphatic heterocycles. The quantitative estimate of drug-likeness (QED) is 0.158. The van der Waals surface area contributed by atoms with Gasteiger partial charge in [-0.2, -0.15) is 10.1 Å². The lowest BCUT2D eigenvalue weighted by atomic mass is 10.1. The Morgan fingerprint density at radius 2 is 2.10 bits per heavy atom. The molecule has 15 heteroatoms. The highest BCUT2D eigenvalue weighted by Gasteiger charge is 2.51. The molecule has 1 fully saturated rings. The second-order valence-corrected chi connectivity index (χ2v) is 12.4. The van der Waals surface area contributed by atoms with E-state index in [1.54, 1.807) is 37.4 Å². The first-order chi connectivity index (χ1) is 19.0. The zero-order valence-corrected chi connectivity index (χ0v) is 24.8. The number of imidazole rings is 1. The molecule has 1 saturated carbocycles. The Balaban J connectivity index is 1.53. The van der Waals surface area contributed by atoms with E-state index >= 15 is 0 Å². The average molecular weight is 639 g/mol. The molecule has 2 unspecified atom stereocenters. The molecule has 1 aromatic carbocycles. The number of hydrogen-bond acceptors (Lipinski definition) is 10. The highest BCUT2D eigenvalue weighted by atomic mass is 79.9. The van der Waals surface area contributed by atoms with Gasteiger partial charge in [-0.05, 0) is 56.5 Å². The molecule has 2 heterocycles. The van der Waals surface area contributed by atoms with Gasteiger partial charge in [0.05, 0.1) is 19.3 Å². The van der Waals surface area contributed by atoms with E-state index in [9.17, 15) is 19.3 Å². The topological polar surface area (TPSA) is 184 Å². The number of aliphatic hydroxyl groups excluding tert-OH is 1. The second-order valence-electron chi connectivity index (χ2n) is 9.75. The Labute approximate surface area is 238 Å². The Bertz CT molecular complexity index is 1510. The van der Waals surface area contributed by atoms with Crippen molar-refractivity contribution in [2.75, 3.05) is 18.9 Å². The molecule has 0 radical (unpaired) electrons. The molecule has 1 aliphatic carbocycles. The summed E-state index contributed by atoms with van der Waals surface area (Å²) in [7, 11) is -4.14. The number of aromatic nitrogens is 4. The summed E-state index contributed by atoms with van der Waals surface area (Å²) >= 11 is 3.34. The third-order valence-electron chi connectivity index (χ3n) is 6.40. The van der Waals surface area contributed by atoms with Crippen molar-refractivity contribution in [3.8, 4) is 5.75 Å². The first kappa shape index (κ1) is 29.9. The van der Waals surface area contributed by atoms with Gasteiger partial charge in [-0.15, -0.1) is 0 Å². The number of esters is 1. The molecule has 2 aromatic heterocycles. The number of carbonyl (C=O) groups excluding carboxylic acids is 1. The second kappa shape index (κ2) is 12.2. The number of anilines is 1. The molecule has 0 saturated heterocycles. The normalized spacial score (nSPS) is 20.7. The SMILES string of the molecule is CCC[C@H](C)OC(=O)C(C)NP(=O)(OC[C@]1(CO)C/C1=C/n1cnc2c(=O)[nH]c(N)nc21)Oc1ccc(Br)cc1. The van der Waals surface area contributed by atoms with Crippen LogP contribution in [-0.2, 0) is 18.6 Å². The van der Waals surface area contributed by atoms with Gasteiger partial charge in [-0.1, -0.05) is 29.3 Å². The molecule has 13 nitrogen and oxygen atoms in total. The van der Waals surface area contributed by atoms with Crippen LogP contribution in [0.2, 0.25) is 0 Å². The number of aromatic amines is 1. The maximum atomic E-state index is 13.9. The largest absolute Gasteiger partial charge is 0.462 e. The predicted molar refractivity (Wildman–Crippen MR) is 152 cm³/mol. The van der Waals surface area contributed by atoms with E-state index < -0.39 is 30.7 Å². The third kappa shape index (κ3) is 6.99. The van der Waals surface area contributed by atoms with Gasteiger partial charge in [-0.25, -0.2) is 9.55 Å². The Morgan fingerprint density at radius 3 is 2.77 bits per heavy atom. The summed E-state index contributed by atoms with van der Waals surface area (Å²) in [5.74, 6) is -0.400. The van der Waals surface area contributed by atoms with Crippen molar-refractivity contribution < 1.29 is 28.3 Å². The van der Waals surface area contributed by atoms with Gasteiger partial charge >= 0.3 is 13.7 Å². The average Bonchev–Trinajstić information content (AvgIpc) is 3.44. The summed E-state index contributed by atoms with van der Waals surface area (Å²) in [6.45, 7) is 4.78. The lowest BCUT2D eigenvalue weighted by Crippen LogP contribution is -2.37. The fourth-order valence-corrected chi connectivity index (χ4v) is 5.88. The zero-order chi connectivity index (χ0) is 29.1. The molecule has 0 amide bonds. The van der Waals surface area contributed by atoms with E-state index in [1.165, 1.54) is 17.8 Å². The van der Waals surface area contributed by atoms with Gasteiger partial charge in [-0.3, -0.25) is 23.7 Å². The highest BCUT2D eigenvalue weighted by molar-refractivity contribution is 9.10.